The molecule has 2 rings (SSSR count). The molecule has 2 aromatic carbocycles. The van der Waals surface area contributed by atoms with E-state index in [0.717, 1.165) is 16.1 Å². The maximum Gasteiger partial charge on any atom is 0.323 e. The second-order valence-corrected chi connectivity index (χ2v) is 4.95. The molecule has 0 fully saturated rings. The highest BCUT2D eigenvalue weighted by molar-refractivity contribution is 7.98. The average molecular weight is 284 g/mol. The van der Waals surface area contributed by atoms with Gasteiger partial charge in [-0.2, -0.15) is 0 Å². The second-order valence-electron chi connectivity index (χ2n) is 4.07. The summed E-state index contributed by atoms with van der Waals surface area (Å²) in [7, 11) is 0. The minimum Gasteiger partial charge on any atom is -0.314 e. The maximum atomic E-state index is 11.7. The number of hydrogen-bond acceptors (Lipinski definition) is 2. The molecule has 0 saturated carbocycles. The number of anilines is 1. The van der Waals surface area contributed by atoms with Crippen LogP contribution in [-0.4, -0.2) is 12.3 Å². The Labute approximate surface area is 123 Å². The third kappa shape index (κ3) is 4.48. The van der Waals surface area contributed by atoms with E-state index in [4.69, 9.17) is 0 Å². The Hall–Kier alpha value is -2.20. The number of thioether (sulfide) groups is 1. The molecule has 3 nitrogen and oxygen atoms in total. The van der Waals surface area contributed by atoms with E-state index in [2.05, 4.69) is 10.6 Å². The Morgan fingerprint density at radius 3 is 2.65 bits per heavy atom. The van der Waals surface area contributed by atoms with Crippen LogP contribution < -0.4 is 10.6 Å². The highest BCUT2D eigenvalue weighted by Crippen LogP contribution is 2.18. The minimum atomic E-state index is -0.254. The van der Waals surface area contributed by atoms with E-state index in [0.29, 0.717) is 0 Å². The first kappa shape index (κ1) is 14.2. The molecular weight excluding hydrogens is 268 g/mol. The fraction of sp³-hybridized carbons (Fsp3) is 0.0625. The number of rotatable bonds is 4. The zero-order chi connectivity index (χ0) is 14.2. The van der Waals surface area contributed by atoms with Gasteiger partial charge in [0.2, 0.25) is 0 Å². The van der Waals surface area contributed by atoms with Crippen LogP contribution in [0.4, 0.5) is 10.5 Å². The number of hydrogen-bond donors (Lipinski definition) is 2. The van der Waals surface area contributed by atoms with E-state index in [9.17, 15) is 4.79 Å². The molecule has 2 aromatic rings. The highest BCUT2D eigenvalue weighted by atomic mass is 32.2. The van der Waals surface area contributed by atoms with Gasteiger partial charge in [-0.15, -0.1) is 11.8 Å². The van der Waals surface area contributed by atoms with Crippen molar-refractivity contribution in [1.82, 2.24) is 5.32 Å². The molecular formula is C16H16N2OS. The second kappa shape index (κ2) is 7.40. The van der Waals surface area contributed by atoms with Crippen LogP contribution in [0, 0.1) is 0 Å². The van der Waals surface area contributed by atoms with Gasteiger partial charge in [0.05, 0.1) is 0 Å². The number of amides is 2. The summed E-state index contributed by atoms with van der Waals surface area (Å²) in [6, 6.07) is 17.3. The number of carbonyl (C=O) groups excluding carboxylic acids is 1. The smallest absolute Gasteiger partial charge is 0.314 e. The monoisotopic (exact) mass is 284 g/mol. The molecule has 0 atom stereocenters. The zero-order valence-electron chi connectivity index (χ0n) is 11.2. The van der Waals surface area contributed by atoms with Gasteiger partial charge in [-0.05, 0) is 36.1 Å². The summed E-state index contributed by atoms with van der Waals surface area (Å²) in [5.74, 6) is 0. The molecule has 102 valence electrons. The van der Waals surface area contributed by atoms with Crippen molar-refractivity contribution in [3.63, 3.8) is 0 Å². The van der Waals surface area contributed by atoms with Crippen molar-refractivity contribution in [2.24, 2.45) is 0 Å². The largest absolute Gasteiger partial charge is 0.323 e. The zero-order valence-corrected chi connectivity index (χ0v) is 12.0. The number of nitrogens with one attached hydrogen (secondary N) is 2. The Balaban J connectivity index is 1.88. The molecule has 2 N–H and O–H groups in total. The Morgan fingerprint density at radius 1 is 1.10 bits per heavy atom. The third-order valence-electron chi connectivity index (χ3n) is 2.62. The van der Waals surface area contributed by atoms with E-state index in [1.807, 2.05) is 66.9 Å². The van der Waals surface area contributed by atoms with Crippen molar-refractivity contribution >= 4 is 29.6 Å². The van der Waals surface area contributed by atoms with Crippen LogP contribution in [0.5, 0.6) is 0 Å². The van der Waals surface area contributed by atoms with Crippen molar-refractivity contribution in [2.45, 2.75) is 4.90 Å². The first-order valence-corrected chi connectivity index (χ1v) is 7.43. The van der Waals surface area contributed by atoms with Crippen molar-refractivity contribution < 1.29 is 4.79 Å². The summed E-state index contributed by atoms with van der Waals surface area (Å²) in [6.45, 7) is 0. The molecule has 0 spiro atoms. The summed E-state index contributed by atoms with van der Waals surface area (Å²) in [4.78, 5) is 12.8. The van der Waals surface area contributed by atoms with E-state index >= 15 is 0 Å². The number of urea groups is 1. The fourth-order valence-corrected chi connectivity index (χ4v) is 2.11. The minimum absolute atomic E-state index is 0.254. The van der Waals surface area contributed by atoms with Crippen molar-refractivity contribution in [2.75, 3.05) is 11.6 Å². The average Bonchev–Trinajstić information content (AvgIpc) is 2.48. The molecule has 0 aliphatic heterocycles. The van der Waals surface area contributed by atoms with Gasteiger partial charge < -0.3 is 10.6 Å². The van der Waals surface area contributed by atoms with E-state index < -0.39 is 0 Å². The van der Waals surface area contributed by atoms with Crippen molar-refractivity contribution in [3.8, 4) is 0 Å². The lowest BCUT2D eigenvalue weighted by atomic mass is 10.2. The van der Waals surface area contributed by atoms with Gasteiger partial charge in [0.25, 0.3) is 0 Å². The first-order valence-electron chi connectivity index (χ1n) is 6.21. The highest BCUT2D eigenvalue weighted by Gasteiger charge is 1.99. The molecule has 0 aromatic heterocycles. The van der Waals surface area contributed by atoms with Crippen molar-refractivity contribution in [1.29, 1.82) is 0 Å². The standard InChI is InChI=1S/C16H16N2OS/c1-20-15-9-5-8-14(12-15)18-16(19)17-11-10-13-6-3-2-4-7-13/h2-12H,1H3,(H2,17,18,19)/b11-10+. The lowest BCUT2D eigenvalue weighted by molar-refractivity contribution is 0.255. The lowest BCUT2D eigenvalue weighted by Gasteiger charge is -2.05. The Kier molecular flexibility index (Phi) is 5.26. The number of carbonyl (C=O) groups is 1. The van der Waals surface area contributed by atoms with Crippen LogP contribution in [0.3, 0.4) is 0 Å². The SMILES string of the molecule is CSc1cccc(NC(=O)N/C=C/c2ccccc2)c1. The summed E-state index contributed by atoms with van der Waals surface area (Å²) < 4.78 is 0. The van der Waals surface area contributed by atoms with E-state index in [1.165, 1.54) is 0 Å². The predicted molar refractivity (Wildman–Crippen MR) is 85.9 cm³/mol. The Bertz CT molecular complexity index is 596. The molecule has 0 aliphatic rings. The fourth-order valence-electron chi connectivity index (χ4n) is 1.65. The molecule has 0 radical (unpaired) electrons. The summed E-state index contributed by atoms with van der Waals surface area (Å²) >= 11 is 1.64. The molecule has 0 unspecified atom stereocenters. The third-order valence-corrected chi connectivity index (χ3v) is 3.34. The molecule has 0 heterocycles. The lowest BCUT2D eigenvalue weighted by Crippen LogP contribution is -2.23. The van der Waals surface area contributed by atoms with Crippen LogP contribution in [-0.2, 0) is 0 Å². The first-order chi connectivity index (χ1) is 9.78. The summed E-state index contributed by atoms with van der Waals surface area (Å²) in [6.07, 6.45) is 5.47. The van der Waals surface area contributed by atoms with Crippen molar-refractivity contribution in [3.05, 3.63) is 66.4 Å². The summed E-state index contributed by atoms with van der Waals surface area (Å²) in [5, 5.41) is 5.47. The van der Waals surface area contributed by atoms with Gasteiger partial charge in [-0.1, -0.05) is 36.4 Å². The van der Waals surface area contributed by atoms with Crippen LogP contribution in [0.2, 0.25) is 0 Å². The molecule has 0 bridgehead atoms. The maximum absolute atomic E-state index is 11.7. The molecule has 20 heavy (non-hydrogen) atoms. The normalized spacial score (nSPS) is 10.4. The van der Waals surface area contributed by atoms with Gasteiger partial charge in [-0.25, -0.2) is 4.79 Å². The predicted octanol–water partition coefficient (Wildman–Crippen LogP) is 4.20. The number of benzene rings is 2. The van der Waals surface area contributed by atoms with Crippen LogP contribution in [0.15, 0.2) is 65.7 Å². The molecule has 0 saturated heterocycles. The van der Waals surface area contributed by atoms with Gasteiger partial charge >= 0.3 is 6.03 Å². The molecule has 4 heteroatoms. The van der Waals surface area contributed by atoms with Gasteiger partial charge in [-0.3, -0.25) is 0 Å². The quantitative estimate of drug-likeness (QED) is 0.826. The van der Waals surface area contributed by atoms with Gasteiger partial charge in [0.1, 0.15) is 0 Å². The Morgan fingerprint density at radius 2 is 1.90 bits per heavy atom. The van der Waals surface area contributed by atoms with Crippen LogP contribution in [0.1, 0.15) is 5.56 Å². The van der Waals surface area contributed by atoms with Gasteiger partial charge in [0.15, 0.2) is 0 Å². The van der Waals surface area contributed by atoms with Crippen LogP contribution in [0.25, 0.3) is 6.08 Å². The van der Waals surface area contributed by atoms with Crippen LogP contribution >= 0.6 is 11.8 Å². The summed E-state index contributed by atoms with van der Waals surface area (Å²) in [5.41, 5.74) is 1.82. The van der Waals surface area contributed by atoms with E-state index in [-0.39, 0.29) is 6.03 Å². The molecule has 2 amide bonds. The van der Waals surface area contributed by atoms with E-state index in [1.54, 1.807) is 18.0 Å². The topological polar surface area (TPSA) is 41.1 Å². The molecule has 0 aliphatic carbocycles. The van der Waals surface area contributed by atoms with Gasteiger partial charge in [0, 0.05) is 16.8 Å².